The Bertz CT molecular complexity index is 179. The molecule has 0 aromatic carbocycles. The van der Waals surface area contributed by atoms with Crippen LogP contribution in [-0.2, 0) is 9.53 Å². The van der Waals surface area contributed by atoms with Gasteiger partial charge in [0.05, 0.1) is 6.61 Å². The van der Waals surface area contributed by atoms with Crippen molar-refractivity contribution in [2.45, 2.75) is 32.4 Å². The van der Waals surface area contributed by atoms with Crippen LogP contribution >= 0.6 is 0 Å². The van der Waals surface area contributed by atoms with Crippen LogP contribution in [0.3, 0.4) is 0 Å². The van der Waals surface area contributed by atoms with Gasteiger partial charge in [0.25, 0.3) is 0 Å². The highest BCUT2D eigenvalue weighted by Gasteiger charge is 2.29. The second-order valence-electron chi connectivity index (χ2n) is 3.59. The fourth-order valence-corrected chi connectivity index (χ4v) is 1.75. The maximum Gasteiger partial charge on any atom is 0.341 e. The van der Waals surface area contributed by atoms with Crippen molar-refractivity contribution in [3.05, 3.63) is 0 Å². The molecule has 0 bridgehead atoms. The maximum absolute atomic E-state index is 13.5. The Morgan fingerprint density at radius 1 is 1.57 bits per heavy atom. The summed E-state index contributed by atoms with van der Waals surface area (Å²) in [4.78, 5) is 11.1. The Morgan fingerprint density at radius 3 is 3.07 bits per heavy atom. The van der Waals surface area contributed by atoms with E-state index in [1.54, 1.807) is 6.92 Å². The number of carbonyl (C=O) groups is 1. The molecule has 1 aliphatic heterocycles. The summed E-state index contributed by atoms with van der Waals surface area (Å²) in [7, 11) is 0. The summed E-state index contributed by atoms with van der Waals surface area (Å²) in [5, 5.41) is 3.18. The first-order valence-electron chi connectivity index (χ1n) is 5.27. The molecule has 0 saturated carbocycles. The molecule has 1 N–H and O–H groups in total. The second kappa shape index (κ2) is 5.96. The van der Waals surface area contributed by atoms with Gasteiger partial charge in [0, 0.05) is 5.92 Å². The molecule has 82 valence electrons. The standard InChI is InChI=1S/C10H18FNO2/c1-2-14-10(13)9(11)8-4-3-6-12-7-5-8/h8-9,12H,2-7H2,1H3. The van der Waals surface area contributed by atoms with Gasteiger partial charge >= 0.3 is 5.97 Å². The highest BCUT2D eigenvalue weighted by atomic mass is 19.1. The van der Waals surface area contributed by atoms with Gasteiger partial charge in [-0.3, -0.25) is 0 Å². The van der Waals surface area contributed by atoms with Crippen LogP contribution in [0.25, 0.3) is 0 Å². The summed E-state index contributed by atoms with van der Waals surface area (Å²) in [5.74, 6) is -0.858. The molecule has 0 spiro atoms. The third kappa shape index (κ3) is 3.25. The van der Waals surface area contributed by atoms with Gasteiger partial charge in [-0.25, -0.2) is 9.18 Å². The molecule has 1 rings (SSSR count). The molecular formula is C10H18FNO2. The first kappa shape index (κ1) is 11.4. The molecule has 1 fully saturated rings. The van der Waals surface area contributed by atoms with E-state index in [1.165, 1.54) is 0 Å². The largest absolute Gasteiger partial charge is 0.464 e. The van der Waals surface area contributed by atoms with Gasteiger partial charge in [0.1, 0.15) is 0 Å². The van der Waals surface area contributed by atoms with Crippen LogP contribution in [-0.4, -0.2) is 31.8 Å². The molecular weight excluding hydrogens is 185 g/mol. The molecule has 0 amide bonds. The number of hydrogen-bond donors (Lipinski definition) is 1. The van der Waals surface area contributed by atoms with E-state index in [1.807, 2.05) is 0 Å². The summed E-state index contributed by atoms with van der Waals surface area (Å²) in [5.41, 5.74) is 0. The van der Waals surface area contributed by atoms with Crippen molar-refractivity contribution in [1.82, 2.24) is 5.32 Å². The SMILES string of the molecule is CCOC(=O)C(F)C1CCCNCC1. The minimum absolute atomic E-state index is 0.163. The number of nitrogens with one attached hydrogen (secondary N) is 1. The summed E-state index contributed by atoms with van der Waals surface area (Å²) >= 11 is 0. The maximum atomic E-state index is 13.5. The van der Waals surface area contributed by atoms with E-state index in [-0.39, 0.29) is 12.5 Å². The first-order valence-corrected chi connectivity index (χ1v) is 5.27. The lowest BCUT2D eigenvalue weighted by Gasteiger charge is -2.16. The summed E-state index contributed by atoms with van der Waals surface area (Å²) in [6.07, 6.45) is 0.993. The zero-order valence-corrected chi connectivity index (χ0v) is 8.59. The van der Waals surface area contributed by atoms with E-state index in [0.717, 1.165) is 32.4 Å². The Morgan fingerprint density at radius 2 is 2.36 bits per heavy atom. The van der Waals surface area contributed by atoms with Crippen molar-refractivity contribution in [3.63, 3.8) is 0 Å². The molecule has 0 radical (unpaired) electrons. The number of hydrogen-bond acceptors (Lipinski definition) is 3. The lowest BCUT2D eigenvalue weighted by molar-refractivity contribution is -0.151. The molecule has 1 aliphatic rings. The predicted octanol–water partition coefficient (Wildman–Crippen LogP) is 1.28. The Kier molecular flexibility index (Phi) is 4.87. The summed E-state index contributed by atoms with van der Waals surface area (Å²) in [6.45, 7) is 3.67. The fourth-order valence-electron chi connectivity index (χ4n) is 1.75. The molecule has 3 nitrogen and oxygen atoms in total. The number of halogens is 1. The van der Waals surface area contributed by atoms with E-state index in [9.17, 15) is 9.18 Å². The smallest absolute Gasteiger partial charge is 0.341 e. The third-order valence-corrected chi connectivity index (χ3v) is 2.55. The van der Waals surface area contributed by atoms with Crippen molar-refractivity contribution in [2.24, 2.45) is 5.92 Å². The minimum Gasteiger partial charge on any atom is -0.464 e. The van der Waals surface area contributed by atoms with Gasteiger partial charge in [-0.05, 0) is 39.3 Å². The van der Waals surface area contributed by atoms with E-state index < -0.39 is 12.1 Å². The van der Waals surface area contributed by atoms with Gasteiger partial charge in [0.15, 0.2) is 6.17 Å². The minimum atomic E-state index is -1.44. The molecule has 1 heterocycles. The highest BCUT2D eigenvalue weighted by Crippen LogP contribution is 2.21. The normalized spacial score (nSPS) is 25.1. The van der Waals surface area contributed by atoms with Crippen LogP contribution in [0.4, 0.5) is 4.39 Å². The molecule has 1 saturated heterocycles. The topological polar surface area (TPSA) is 38.3 Å². The fraction of sp³-hybridized carbons (Fsp3) is 0.900. The van der Waals surface area contributed by atoms with E-state index in [0.29, 0.717) is 0 Å². The molecule has 4 heteroatoms. The van der Waals surface area contributed by atoms with Crippen molar-refractivity contribution >= 4 is 5.97 Å². The van der Waals surface area contributed by atoms with Crippen LogP contribution in [0.15, 0.2) is 0 Å². The first-order chi connectivity index (χ1) is 6.75. The lowest BCUT2D eigenvalue weighted by Crippen LogP contribution is -2.28. The van der Waals surface area contributed by atoms with Crippen LogP contribution < -0.4 is 5.32 Å². The average molecular weight is 203 g/mol. The predicted molar refractivity (Wildman–Crippen MR) is 51.7 cm³/mol. The Labute approximate surface area is 84.0 Å². The van der Waals surface area contributed by atoms with Gasteiger partial charge in [-0.1, -0.05) is 0 Å². The highest BCUT2D eigenvalue weighted by molar-refractivity contribution is 5.74. The Hall–Kier alpha value is -0.640. The molecule has 0 aromatic rings. The second-order valence-corrected chi connectivity index (χ2v) is 3.59. The molecule has 2 unspecified atom stereocenters. The van der Waals surface area contributed by atoms with E-state index >= 15 is 0 Å². The molecule has 14 heavy (non-hydrogen) atoms. The van der Waals surface area contributed by atoms with Crippen LogP contribution in [0.2, 0.25) is 0 Å². The number of esters is 1. The van der Waals surface area contributed by atoms with Crippen molar-refractivity contribution < 1.29 is 13.9 Å². The number of alkyl halides is 1. The number of ether oxygens (including phenoxy) is 1. The summed E-state index contributed by atoms with van der Waals surface area (Å²) in [6, 6.07) is 0. The van der Waals surface area contributed by atoms with Gasteiger partial charge in [-0.15, -0.1) is 0 Å². The van der Waals surface area contributed by atoms with Crippen molar-refractivity contribution in [1.29, 1.82) is 0 Å². The Balaban J connectivity index is 2.40. The zero-order valence-electron chi connectivity index (χ0n) is 8.59. The van der Waals surface area contributed by atoms with E-state index in [2.05, 4.69) is 10.1 Å². The van der Waals surface area contributed by atoms with Crippen LogP contribution in [0.5, 0.6) is 0 Å². The molecule has 0 aromatic heterocycles. The van der Waals surface area contributed by atoms with Crippen molar-refractivity contribution in [2.75, 3.05) is 19.7 Å². The van der Waals surface area contributed by atoms with Crippen LogP contribution in [0.1, 0.15) is 26.2 Å². The lowest BCUT2D eigenvalue weighted by atomic mass is 9.95. The molecule has 2 atom stereocenters. The quantitative estimate of drug-likeness (QED) is 0.702. The van der Waals surface area contributed by atoms with Gasteiger partial charge < -0.3 is 10.1 Å². The zero-order chi connectivity index (χ0) is 10.4. The van der Waals surface area contributed by atoms with Gasteiger partial charge in [0.2, 0.25) is 0 Å². The monoisotopic (exact) mass is 203 g/mol. The third-order valence-electron chi connectivity index (χ3n) is 2.55. The van der Waals surface area contributed by atoms with Crippen LogP contribution in [0, 0.1) is 5.92 Å². The number of rotatable bonds is 3. The number of carbonyl (C=O) groups excluding carboxylic acids is 1. The molecule has 0 aliphatic carbocycles. The van der Waals surface area contributed by atoms with Gasteiger partial charge in [-0.2, -0.15) is 0 Å². The van der Waals surface area contributed by atoms with E-state index in [4.69, 9.17) is 0 Å². The average Bonchev–Trinajstić information content (AvgIpc) is 2.45. The summed E-state index contributed by atoms with van der Waals surface area (Å²) < 4.78 is 18.2. The van der Waals surface area contributed by atoms with Crippen molar-refractivity contribution in [3.8, 4) is 0 Å².